The maximum Gasteiger partial charge on any atom is 0.188 e. The number of hydrogen-bond acceptors (Lipinski definition) is 4. The predicted molar refractivity (Wildman–Crippen MR) is 59.1 cm³/mol. The Morgan fingerprint density at radius 2 is 2.07 bits per heavy atom. The van der Waals surface area contributed by atoms with Crippen LogP contribution in [0.25, 0.3) is 0 Å². The first-order chi connectivity index (χ1) is 7.22. The van der Waals surface area contributed by atoms with Crippen molar-refractivity contribution in [3.63, 3.8) is 0 Å². The molecule has 15 heavy (non-hydrogen) atoms. The van der Waals surface area contributed by atoms with Crippen LogP contribution in [0, 0.1) is 0 Å². The van der Waals surface area contributed by atoms with Crippen molar-refractivity contribution < 1.29 is 19.3 Å². The molecule has 0 aromatic heterocycles. The summed E-state index contributed by atoms with van der Waals surface area (Å²) in [4.78, 5) is 0. The third kappa shape index (κ3) is 3.09. The molecule has 0 aliphatic rings. The summed E-state index contributed by atoms with van der Waals surface area (Å²) in [7, 11) is 3.08. The number of aliphatic hydroxyl groups is 1. The van der Waals surface area contributed by atoms with Gasteiger partial charge in [-0.05, 0) is 12.1 Å². The summed E-state index contributed by atoms with van der Waals surface area (Å²) in [6.45, 7) is -0.000159. The van der Waals surface area contributed by atoms with E-state index in [1.807, 2.05) is 0 Å². The topological polar surface area (TPSA) is 47.9 Å². The molecule has 0 aliphatic carbocycles. The molecule has 0 fully saturated rings. The lowest BCUT2D eigenvalue weighted by atomic mass is 10.2. The SMILES string of the molecule is COCOc1c(CO)cc(Br)cc1OC. The zero-order valence-corrected chi connectivity index (χ0v) is 10.2. The maximum absolute atomic E-state index is 9.16. The van der Waals surface area contributed by atoms with Gasteiger partial charge in [-0.15, -0.1) is 0 Å². The molecular formula is C10H13BrO4. The van der Waals surface area contributed by atoms with Crippen LogP contribution in [0.2, 0.25) is 0 Å². The number of hydrogen-bond donors (Lipinski definition) is 1. The summed E-state index contributed by atoms with van der Waals surface area (Å²) in [6, 6.07) is 3.54. The normalized spacial score (nSPS) is 10.1. The van der Waals surface area contributed by atoms with Crippen LogP contribution < -0.4 is 9.47 Å². The molecule has 84 valence electrons. The van der Waals surface area contributed by atoms with Crippen molar-refractivity contribution in [3.8, 4) is 11.5 Å². The second-order valence-electron chi connectivity index (χ2n) is 2.81. The van der Waals surface area contributed by atoms with E-state index in [1.54, 1.807) is 19.2 Å². The number of aliphatic hydroxyl groups excluding tert-OH is 1. The molecule has 4 nitrogen and oxygen atoms in total. The van der Waals surface area contributed by atoms with Gasteiger partial charge in [-0.3, -0.25) is 0 Å². The van der Waals surface area contributed by atoms with Gasteiger partial charge in [0.1, 0.15) is 0 Å². The lowest BCUT2D eigenvalue weighted by Gasteiger charge is -2.13. The van der Waals surface area contributed by atoms with E-state index >= 15 is 0 Å². The molecule has 0 bridgehead atoms. The third-order valence-electron chi connectivity index (χ3n) is 1.81. The van der Waals surface area contributed by atoms with Gasteiger partial charge in [0.2, 0.25) is 0 Å². The number of halogens is 1. The van der Waals surface area contributed by atoms with Crippen LogP contribution in [-0.2, 0) is 11.3 Å². The molecule has 1 aromatic carbocycles. The third-order valence-corrected chi connectivity index (χ3v) is 2.27. The summed E-state index contributed by atoms with van der Waals surface area (Å²) in [5.41, 5.74) is 0.651. The standard InChI is InChI=1S/C10H13BrO4/c1-13-6-15-10-7(5-12)3-8(11)4-9(10)14-2/h3-4,12H,5-6H2,1-2H3. The van der Waals surface area contributed by atoms with Gasteiger partial charge < -0.3 is 19.3 Å². The highest BCUT2D eigenvalue weighted by atomic mass is 79.9. The minimum atomic E-state index is -0.116. The van der Waals surface area contributed by atoms with Crippen molar-refractivity contribution in [3.05, 3.63) is 22.2 Å². The minimum Gasteiger partial charge on any atom is -0.493 e. The fourth-order valence-corrected chi connectivity index (χ4v) is 1.66. The van der Waals surface area contributed by atoms with E-state index in [0.717, 1.165) is 4.47 Å². The van der Waals surface area contributed by atoms with Crippen LogP contribution in [0.3, 0.4) is 0 Å². The van der Waals surface area contributed by atoms with E-state index < -0.39 is 0 Å². The van der Waals surface area contributed by atoms with Crippen molar-refractivity contribution >= 4 is 15.9 Å². The van der Waals surface area contributed by atoms with Crippen molar-refractivity contribution in [1.82, 2.24) is 0 Å². The molecule has 1 aromatic rings. The second kappa shape index (κ2) is 5.95. The largest absolute Gasteiger partial charge is 0.493 e. The smallest absolute Gasteiger partial charge is 0.188 e. The van der Waals surface area contributed by atoms with Crippen LogP contribution in [0.4, 0.5) is 0 Å². The van der Waals surface area contributed by atoms with E-state index in [-0.39, 0.29) is 13.4 Å². The zero-order valence-electron chi connectivity index (χ0n) is 8.62. The molecule has 0 heterocycles. The summed E-state index contributed by atoms with van der Waals surface area (Å²) in [5, 5.41) is 9.16. The molecule has 1 rings (SSSR count). The van der Waals surface area contributed by atoms with Crippen LogP contribution in [0.1, 0.15) is 5.56 Å². The van der Waals surface area contributed by atoms with Gasteiger partial charge in [0.15, 0.2) is 18.3 Å². The summed E-state index contributed by atoms with van der Waals surface area (Å²) >= 11 is 3.32. The van der Waals surface area contributed by atoms with E-state index in [2.05, 4.69) is 15.9 Å². The lowest BCUT2D eigenvalue weighted by Crippen LogP contribution is -2.03. The van der Waals surface area contributed by atoms with Crippen LogP contribution >= 0.6 is 15.9 Å². The first-order valence-corrected chi connectivity index (χ1v) is 5.11. The van der Waals surface area contributed by atoms with Crippen molar-refractivity contribution in [2.24, 2.45) is 0 Å². The highest BCUT2D eigenvalue weighted by Crippen LogP contribution is 2.34. The van der Waals surface area contributed by atoms with Crippen LogP contribution in [0.5, 0.6) is 11.5 Å². The minimum absolute atomic E-state index is 0.116. The molecule has 1 N–H and O–H groups in total. The Labute approximate surface area is 96.9 Å². The second-order valence-corrected chi connectivity index (χ2v) is 3.72. The van der Waals surface area contributed by atoms with Gasteiger partial charge in [-0.1, -0.05) is 15.9 Å². The predicted octanol–water partition coefficient (Wildman–Crippen LogP) is 1.93. The molecule has 0 saturated carbocycles. The summed E-state index contributed by atoms with van der Waals surface area (Å²) < 4.78 is 16.1. The number of rotatable bonds is 5. The Hall–Kier alpha value is -0.780. The van der Waals surface area contributed by atoms with Gasteiger partial charge in [0, 0.05) is 17.1 Å². The molecule has 5 heteroatoms. The van der Waals surface area contributed by atoms with Gasteiger partial charge >= 0.3 is 0 Å². The van der Waals surface area contributed by atoms with Crippen molar-refractivity contribution in [2.45, 2.75) is 6.61 Å². The Morgan fingerprint density at radius 1 is 1.33 bits per heavy atom. The Balaban J connectivity index is 3.06. The molecule has 0 unspecified atom stereocenters. The fourth-order valence-electron chi connectivity index (χ4n) is 1.17. The van der Waals surface area contributed by atoms with E-state index in [1.165, 1.54) is 7.11 Å². The molecular weight excluding hydrogens is 264 g/mol. The average molecular weight is 277 g/mol. The quantitative estimate of drug-likeness (QED) is 0.835. The van der Waals surface area contributed by atoms with Gasteiger partial charge in [0.05, 0.1) is 13.7 Å². The molecule has 0 aliphatic heterocycles. The number of ether oxygens (including phenoxy) is 3. The summed E-state index contributed by atoms with van der Waals surface area (Å²) in [5.74, 6) is 1.07. The fraction of sp³-hybridized carbons (Fsp3) is 0.400. The van der Waals surface area contributed by atoms with Gasteiger partial charge in [-0.2, -0.15) is 0 Å². The van der Waals surface area contributed by atoms with Gasteiger partial charge in [-0.25, -0.2) is 0 Å². The van der Waals surface area contributed by atoms with E-state index in [4.69, 9.17) is 19.3 Å². The highest BCUT2D eigenvalue weighted by Gasteiger charge is 2.11. The number of methoxy groups -OCH3 is 2. The summed E-state index contributed by atoms with van der Waals surface area (Å²) in [6.07, 6.45) is 0. The van der Waals surface area contributed by atoms with E-state index in [9.17, 15) is 0 Å². The Kier molecular flexibility index (Phi) is 4.87. The van der Waals surface area contributed by atoms with E-state index in [0.29, 0.717) is 17.1 Å². The van der Waals surface area contributed by atoms with Crippen LogP contribution in [0.15, 0.2) is 16.6 Å². The maximum atomic E-state index is 9.16. The molecule has 0 radical (unpaired) electrons. The molecule has 0 saturated heterocycles. The highest BCUT2D eigenvalue weighted by molar-refractivity contribution is 9.10. The first-order valence-electron chi connectivity index (χ1n) is 4.32. The Morgan fingerprint density at radius 3 is 2.60 bits per heavy atom. The molecule has 0 atom stereocenters. The van der Waals surface area contributed by atoms with Gasteiger partial charge in [0.25, 0.3) is 0 Å². The zero-order chi connectivity index (χ0) is 11.3. The molecule has 0 amide bonds. The monoisotopic (exact) mass is 276 g/mol. The first kappa shape index (κ1) is 12.3. The lowest BCUT2D eigenvalue weighted by molar-refractivity contribution is 0.0474. The average Bonchev–Trinajstić information content (AvgIpc) is 2.26. The van der Waals surface area contributed by atoms with Crippen LogP contribution in [-0.4, -0.2) is 26.1 Å². The van der Waals surface area contributed by atoms with Crippen molar-refractivity contribution in [1.29, 1.82) is 0 Å². The Bertz CT molecular complexity index is 302. The molecule has 0 spiro atoms. The van der Waals surface area contributed by atoms with Crippen molar-refractivity contribution in [2.75, 3.05) is 21.0 Å². The number of benzene rings is 1.